The van der Waals surface area contributed by atoms with Gasteiger partial charge >= 0.3 is 138 Å². The Morgan fingerprint density at radius 2 is 1.21 bits per heavy atom. The van der Waals surface area contributed by atoms with Gasteiger partial charge in [-0.1, -0.05) is 0 Å². The molecule has 0 aromatic heterocycles. The van der Waals surface area contributed by atoms with Crippen LogP contribution in [-0.4, -0.2) is 12.4 Å². The fraction of sp³-hybridized carbons (Fsp3) is 0.368. The minimum absolute atomic E-state index is 0. The minimum Gasteiger partial charge on any atom is -0.147 e. The maximum Gasteiger partial charge on any atom is -0.147 e. The molecule has 2 aromatic rings. The van der Waals surface area contributed by atoms with Crippen LogP contribution in [0.1, 0.15) is 35.5 Å². The normalized spacial score (nSPS) is 14.2. The van der Waals surface area contributed by atoms with E-state index in [2.05, 4.69) is 88.7 Å². The van der Waals surface area contributed by atoms with Gasteiger partial charge in [0.1, 0.15) is 0 Å². The van der Waals surface area contributed by atoms with Crippen LogP contribution < -0.4 is 3.26 Å². The molecule has 3 rings (SSSR count). The molecule has 2 aromatic carbocycles. The Hall–Kier alpha value is 0.0800. The van der Waals surface area contributed by atoms with Crippen LogP contribution in [0.5, 0.6) is 0 Å². The standard InChI is InChI=1S/C13H9.C4H10N.2CH3.2ClH.H2Si.Zr/c1-3-7-12-10(5-1)9-11-6-2-4-8-13(11)12;1-4(2,3)5;;;;;;/h1-9H;5H,1-3H3;2*1H3;2*1H;1H2;/q;-1;;;;;;+1. The van der Waals surface area contributed by atoms with E-state index in [4.69, 9.17) is 0 Å². The number of fused-ring (bicyclic) bond motifs is 3. The zero-order valence-corrected chi connectivity index (χ0v) is 20.7. The fourth-order valence-corrected chi connectivity index (χ4v) is 22.7. The molecule has 0 spiro atoms. The molecule has 5 heteroatoms. The average molecular weight is 462 g/mol. The topological polar surface area (TPSA) is 12.0 Å². The minimum atomic E-state index is -3.14. The van der Waals surface area contributed by atoms with Crippen LogP contribution in [0.2, 0.25) is 9.26 Å². The third kappa shape index (κ3) is 4.07. The number of benzene rings is 2. The second-order valence-electron chi connectivity index (χ2n) is 8.79. The van der Waals surface area contributed by atoms with Crippen molar-refractivity contribution in [3.63, 3.8) is 0 Å². The van der Waals surface area contributed by atoms with Crippen LogP contribution in [0.25, 0.3) is 11.1 Å². The van der Waals surface area contributed by atoms with E-state index in [0.717, 1.165) is 0 Å². The molecule has 24 heavy (non-hydrogen) atoms. The summed E-state index contributed by atoms with van der Waals surface area (Å²) < 4.78 is 9.81. The van der Waals surface area contributed by atoms with Gasteiger partial charge in [0.2, 0.25) is 0 Å². The van der Waals surface area contributed by atoms with E-state index in [9.17, 15) is 0 Å². The molecule has 0 atom stereocenters. The van der Waals surface area contributed by atoms with Crippen molar-refractivity contribution >= 4 is 31.7 Å². The summed E-state index contributed by atoms with van der Waals surface area (Å²) in [6.45, 7) is 9.19. The molecule has 1 N–H and O–H groups in total. The quantitative estimate of drug-likeness (QED) is 0.604. The van der Waals surface area contributed by atoms with Gasteiger partial charge in [-0.05, 0) is 0 Å². The van der Waals surface area contributed by atoms with Crippen molar-refractivity contribution in [3.05, 3.63) is 59.7 Å². The SMILES string of the molecule is CC(C)(C)[NH][Zr]([CH3])([CH3])(=[SiH2])[CH]1c2ccccc2-c2ccccc21.Cl.Cl. The van der Waals surface area contributed by atoms with E-state index < -0.39 is 17.7 Å². The largest absolute Gasteiger partial charge is 0.147 e. The third-order valence-corrected chi connectivity index (χ3v) is 17.9. The van der Waals surface area contributed by atoms with Crippen molar-refractivity contribution in [2.24, 2.45) is 0 Å². The van der Waals surface area contributed by atoms with E-state index in [1.807, 2.05) is 0 Å². The third-order valence-electron chi connectivity index (χ3n) is 4.55. The van der Waals surface area contributed by atoms with Crippen LogP contribution in [0.15, 0.2) is 48.5 Å². The van der Waals surface area contributed by atoms with E-state index in [1.54, 1.807) is 0 Å². The molecule has 1 aliphatic rings. The van der Waals surface area contributed by atoms with Crippen molar-refractivity contribution in [1.82, 2.24) is 3.26 Å². The van der Waals surface area contributed by atoms with Gasteiger partial charge in [-0.15, -0.1) is 24.8 Å². The van der Waals surface area contributed by atoms with Gasteiger partial charge in [-0.2, -0.15) is 0 Å². The number of hydrogen-bond acceptors (Lipinski definition) is 1. The number of rotatable bonds is 2. The van der Waals surface area contributed by atoms with E-state index in [0.29, 0.717) is 3.63 Å². The van der Waals surface area contributed by atoms with Crippen LogP contribution in [0, 0.1) is 0 Å². The molecule has 0 bridgehead atoms. The maximum atomic E-state index is 4.12. The molecule has 0 radical (unpaired) electrons. The Bertz CT molecular complexity index is 760. The van der Waals surface area contributed by atoms with Gasteiger partial charge in [0.05, 0.1) is 0 Å². The number of halogens is 2. The average Bonchev–Trinajstić information content (AvgIpc) is 2.70. The van der Waals surface area contributed by atoms with Crippen LogP contribution in [0.3, 0.4) is 0 Å². The molecule has 0 amide bonds. The predicted molar refractivity (Wildman–Crippen MR) is 111 cm³/mol. The molecule has 0 heterocycles. The molecule has 0 saturated heterocycles. The molecule has 0 saturated carbocycles. The van der Waals surface area contributed by atoms with E-state index >= 15 is 0 Å². The van der Waals surface area contributed by atoms with Gasteiger partial charge in [-0.25, -0.2) is 0 Å². The Morgan fingerprint density at radius 1 is 0.833 bits per heavy atom. The first-order valence-corrected chi connectivity index (χ1v) is 21.6. The molecule has 1 nitrogen and oxygen atoms in total. The van der Waals surface area contributed by atoms with Gasteiger partial charge < -0.3 is 0 Å². The van der Waals surface area contributed by atoms with Crippen LogP contribution in [-0.2, 0) is 17.7 Å². The van der Waals surface area contributed by atoms with Crippen LogP contribution in [0.4, 0.5) is 0 Å². The van der Waals surface area contributed by atoms with Gasteiger partial charge in [0.25, 0.3) is 0 Å². The Labute approximate surface area is 161 Å². The number of hydrogen-bond donors (Lipinski definition) is 1. The molecule has 132 valence electrons. The van der Waals surface area contributed by atoms with Crippen molar-refractivity contribution in [2.75, 3.05) is 0 Å². The second-order valence-corrected chi connectivity index (χ2v) is 37.5. The first kappa shape index (κ1) is 22.1. The van der Waals surface area contributed by atoms with Gasteiger partial charge in [0.15, 0.2) is 0 Å². The Morgan fingerprint density at radius 3 is 1.58 bits per heavy atom. The molecular formula is C19H29Cl2NSiZr. The summed E-state index contributed by atoms with van der Waals surface area (Å²) in [5.74, 6) is 0. The zero-order chi connectivity index (χ0) is 16.2. The van der Waals surface area contributed by atoms with Crippen molar-refractivity contribution in [2.45, 2.75) is 39.2 Å². The fourth-order valence-electron chi connectivity index (χ4n) is 4.46. The molecular weight excluding hydrogens is 432 g/mol. The summed E-state index contributed by atoms with van der Waals surface area (Å²) >= 11 is -3.14. The second kappa shape index (κ2) is 7.00. The summed E-state index contributed by atoms with van der Waals surface area (Å²) in [6, 6.07) is 18.0. The smallest absolute Gasteiger partial charge is 0.147 e. The van der Waals surface area contributed by atoms with Crippen molar-refractivity contribution in [1.29, 1.82) is 0 Å². The maximum absolute atomic E-state index is 4.12. The first-order chi connectivity index (χ1) is 10.1. The Balaban J connectivity index is 0.00000144. The van der Waals surface area contributed by atoms with Crippen molar-refractivity contribution in [3.8, 4) is 11.1 Å². The molecule has 0 aliphatic heterocycles. The Kier molecular flexibility index (Phi) is 6.46. The predicted octanol–water partition coefficient (Wildman–Crippen LogP) is 5.24. The van der Waals surface area contributed by atoms with Crippen LogP contribution >= 0.6 is 24.8 Å². The molecule has 0 unspecified atom stereocenters. The summed E-state index contributed by atoms with van der Waals surface area (Å²) in [5.41, 5.74) is 6.10. The monoisotopic (exact) mass is 459 g/mol. The molecule has 0 fully saturated rings. The summed E-state index contributed by atoms with van der Waals surface area (Å²) in [7, 11) is 0. The van der Waals surface area contributed by atoms with Gasteiger partial charge in [-0.3, -0.25) is 0 Å². The first-order valence-electron chi connectivity index (χ1n) is 8.12. The van der Waals surface area contributed by atoms with Gasteiger partial charge in [0, 0.05) is 0 Å². The summed E-state index contributed by atoms with van der Waals surface area (Å²) in [6.07, 6.45) is 0. The van der Waals surface area contributed by atoms with E-state index in [1.165, 1.54) is 22.3 Å². The molecule has 1 aliphatic carbocycles. The number of nitrogens with one attached hydrogen (secondary N) is 1. The summed E-state index contributed by atoms with van der Waals surface area (Å²) in [5, 5.41) is 0. The zero-order valence-electron chi connectivity index (χ0n) is 15.2. The van der Waals surface area contributed by atoms with E-state index in [-0.39, 0.29) is 30.4 Å². The van der Waals surface area contributed by atoms with Crippen molar-refractivity contribution < 1.29 is 17.7 Å². The summed E-state index contributed by atoms with van der Waals surface area (Å²) in [4.78, 5) is 0.